The van der Waals surface area contributed by atoms with Crippen molar-refractivity contribution in [2.75, 3.05) is 11.4 Å². The van der Waals surface area contributed by atoms with E-state index in [0.29, 0.717) is 21.3 Å². The minimum atomic E-state index is 0.0929. The summed E-state index contributed by atoms with van der Waals surface area (Å²) in [6, 6.07) is 14.0. The van der Waals surface area contributed by atoms with Gasteiger partial charge in [0.2, 0.25) is 0 Å². The monoisotopic (exact) mass is 383 g/mol. The molecule has 0 amide bonds. The smallest absolute Gasteiger partial charge is 0.139 e. The summed E-state index contributed by atoms with van der Waals surface area (Å²) in [5.41, 5.74) is 2.75. The first-order valence-electron chi connectivity index (χ1n) is 7.82. The molecule has 1 aliphatic rings. The highest BCUT2D eigenvalue weighted by molar-refractivity contribution is 7.11. The van der Waals surface area contributed by atoms with E-state index in [1.807, 2.05) is 17.5 Å². The van der Waals surface area contributed by atoms with Gasteiger partial charge in [0.05, 0.1) is 17.8 Å². The van der Waals surface area contributed by atoms with E-state index >= 15 is 0 Å². The van der Waals surface area contributed by atoms with Crippen LogP contribution in [0.3, 0.4) is 0 Å². The van der Waals surface area contributed by atoms with Crippen LogP contribution in [0.5, 0.6) is 5.75 Å². The van der Waals surface area contributed by atoms with Crippen LogP contribution in [-0.4, -0.2) is 27.6 Å². The number of aromatic nitrogens is 1. The van der Waals surface area contributed by atoms with Crippen LogP contribution in [0.2, 0.25) is 5.02 Å². The number of thiazole rings is 1. The molecular weight excluding hydrogens is 370 g/mol. The van der Waals surface area contributed by atoms with Crippen molar-refractivity contribution >= 4 is 40.0 Å². The number of rotatable bonds is 3. The normalized spacial score (nSPS) is 14.3. The molecule has 0 spiro atoms. The maximum absolute atomic E-state index is 10.4. The summed E-state index contributed by atoms with van der Waals surface area (Å²) in [7, 11) is 0. The fourth-order valence-corrected chi connectivity index (χ4v) is 3.85. The third-order valence-electron chi connectivity index (χ3n) is 4.10. The number of phenolic OH excluding ortho intramolecular Hbond substituents is 1. The fraction of sp³-hybridized carbons (Fsp3) is 0.0526. The lowest BCUT2D eigenvalue weighted by atomic mass is 10.2. The Morgan fingerprint density at radius 2 is 1.88 bits per heavy atom. The Balaban J connectivity index is 1.65. The molecule has 0 unspecified atom stereocenters. The molecular formula is C19H14ClN3O2S. The number of aliphatic hydroxyl groups is 1. The zero-order valence-corrected chi connectivity index (χ0v) is 15.1. The first-order valence-corrected chi connectivity index (χ1v) is 9.08. The van der Waals surface area contributed by atoms with Crippen LogP contribution in [0.4, 0.5) is 5.69 Å². The summed E-state index contributed by atoms with van der Waals surface area (Å²) in [6.07, 6.45) is 0. The van der Waals surface area contributed by atoms with Gasteiger partial charge in [0.15, 0.2) is 0 Å². The van der Waals surface area contributed by atoms with Gasteiger partial charge in [-0.25, -0.2) is 4.98 Å². The van der Waals surface area contributed by atoms with Crippen molar-refractivity contribution in [1.82, 2.24) is 4.98 Å². The van der Waals surface area contributed by atoms with Crippen molar-refractivity contribution in [3.63, 3.8) is 0 Å². The van der Waals surface area contributed by atoms with E-state index in [1.165, 1.54) is 11.3 Å². The Bertz CT molecular complexity index is 1030. The largest absolute Gasteiger partial charge is 0.510 e. The number of anilines is 1. The number of halogens is 1. The molecule has 0 atom stereocenters. The van der Waals surface area contributed by atoms with Gasteiger partial charge in [-0.2, -0.15) is 0 Å². The van der Waals surface area contributed by atoms with E-state index in [2.05, 4.69) is 4.98 Å². The number of aliphatic hydroxyl groups excluding tert-OH is 1. The molecule has 3 aromatic rings. The lowest BCUT2D eigenvalue weighted by molar-refractivity contribution is 0.411. The SMILES string of the molecule is N=C1C(c2nc(-c3ccc(Cl)cc3)cs2)=C(O)CN1c1cccc(O)c1. The van der Waals surface area contributed by atoms with E-state index in [-0.39, 0.29) is 23.9 Å². The molecule has 2 aromatic carbocycles. The second kappa shape index (κ2) is 6.48. The van der Waals surface area contributed by atoms with E-state index in [0.717, 1.165) is 11.3 Å². The van der Waals surface area contributed by atoms with Crippen molar-refractivity contribution in [2.24, 2.45) is 0 Å². The van der Waals surface area contributed by atoms with E-state index in [1.54, 1.807) is 41.3 Å². The minimum Gasteiger partial charge on any atom is -0.510 e. The van der Waals surface area contributed by atoms with Crippen LogP contribution in [0.25, 0.3) is 16.8 Å². The predicted molar refractivity (Wildman–Crippen MR) is 105 cm³/mol. The standard InChI is InChI=1S/C19H14ClN3O2S/c20-12-6-4-11(5-7-12)15-10-26-19(22-15)17-16(25)9-23(18(17)21)13-2-1-3-14(24)8-13/h1-8,10,21,24-25H,9H2. The van der Waals surface area contributed by atoms with Crippen LogP contribution >= 0.6 is 22.9 Å². The molecule has 5 nitrogen and oxygen atoms in total. The Morgan fingerprint density at radius 3 is 2.62 bits per heavy atom. The van der Waals surface area contributed by atoms with Crippen LogP contribution in [-0.2, 0) is 0 Å². The van der Waals surface area contributed by atoms with Crippen LogP contribution in [0, 0.1) is 5.41 Å². The molecule has 0 radical (unpaired) electrons. The lowest BCUT2D eigenvalue weighted by Gasteiger charge is -2.18. The Hall–Kier alpha value is -2.83. The summed E-state index contributed by atoms with van der Waals surface area (Å²) in [5, 5.41) is 31.7. The van der Waals surface area contributed by atoms with Crippen molar-refractivity contribution in [3.05, 3.63) is 69.7 Å². The Labute approximate surface area is 159 Å². The summed E-state index contributed by atoms with van der Waals surface area (Å²) < 4.78 is 0. The molecule has 1 aromatic heterocycles. The first kappa shape index (κ1) is 16.6. The second-order valence-electron chi connectivity index (χ2n) is 5.82. The fourth-order valence-electron chi connectivity index (χ4n) is 2.83. The van der Waals surface area contributed by atoms with Crippen molar-refractivity contribution in [1.29, 1.82) is 5.41 Å². The summed E-state index contributed by atoms with van der Waals surface area (Å²) >= 11 is 7.30. The highest BCUT2D eigenvalue weighted by atomic mass is 35.5. The highest BCUT2D eigenvalue weighted by Gasteiger charge is 2.31. The molecule has 0 fully saturated rings. The molecule has 2 heterocycles. The van der Waals surface area contributed by atoms with Crippen LogP contribution in [0.1, 0.15) is 5.01 Å². The molecule has 130 valence electrons. The lowest BCUT2D eigenvalue weighted by Crippen LogP contribution is -2.25. The summed E-state index contributed by atoms with van der Waals surface area (Å²) in [5.74, 6) is 0.364. The number of nitrogens with zero attached hydrogens (tertiary/aromatic N) is 2. The van der Waals surface area contributed by atoms with E-state index < -0.39 is 0 Å². The maximum atomic E-state index is 10.4. The van der Waals surface area contributed by atoms with Crippen molar-refractivity contribution < 1.29 is 10.2 Å². The van der Waals surface area contributed by atoms with Crippen LogP contribution in [0.15, 0.2) is 59.7 Å². The third kappa shape index (κ3) is 2.94. The van der Waals surface area contributed by atoms with E-state index in [4.69, 9.17) is 17.0 Å². The van der Waals surface area contributed by atoms with Gasteiger partial charge in [-0.15, -0.1) is 11.3 Å². The van der Waals surface area contributed by atoms with Gasteiger partial charge in [-0.3, -0.25) is 5.41 Å². The van der Waals surface area contributed by atoms with Crippen LogP contribution < -0.4 is 4.90 Å². The molecule has 3 N–H and O–H groups in total. The number of aromatic hydroxyl groups is 1. The number of benzene rings is 2. The van der Waals surface area contributed by atoms with Gasteiger partial charge >= 0.3 is 0 Å². The average Bonchev–Trinajstić information content (AvgIpc) is 3.20. The summed E-state index contributed by atoms with van der Waals surface area (Å²) in [6.45, 7) is 0.174. The molecule has 26 heavy (non-hydrogen) atoms. The molecule has 4 rings (SSSR count). The zero-order valence-electron chi connectivity index (χ0n) is 13.5. The number of hydrogen-bond acceptors (Lipinski definition) is 5. The van der Waals surface area contributed by atoms with Gasteiger partial charge in [0.1, 0.15) is 22.4 Å². The van der Waals surface area contributed by atoms with Crippen molar-refractivity contribution in [2.45, 2.75) is 0 Å². The molecule has 0 saturated heterocycles. The van der Waals surface area contributed by atoms with Crippen molar-refractivity contribution in [3.8, 4) is 17.0 Å². The quantitative estimate of drug-likeness (QED) is 0.598. The van der Waals surface area contributed by atoms with Gasteiger partial charge < -0.3 is 15.1 Å². The second-order valence-corrected chi connectivity index (χ2v) is 7.12. The zero-order chi connectivity index (χ0) is 18.3. The topological polar surface area (TPSA) is 80.4 Å². The van der Waals surface area contributed by atoms with Gasteiger partial charge in [-0.1, -0.05) is 29.8 Å². The molecule has 0 aliphatic carbocycles. The average molecular weight is 384 g/mol. The maximum Gasteiger partial charge on any atom is 0.139 e. The molecule has 0 bridgehead atoms. The molecule has 1 aliphatic heterocycles. The number of nitrogens with one attached hydrogen (secondary N) is 1. The molecule has 0 saturated carbocycles. The molecule has 7 heteroatoms. The van der Waals surface area contributed by atoms with E-state index in [9.17, 15) is 10.2 Å². The first-order chi connectivity index (χ1) is 12.5. The third-order valence-corrected chi connectivity index (χ3v) is 5.21. The highest BCUT2D eigenvalue weighted by Crippen LogP contribution is 2.35. The number of amidine groups is 1. The summed E-state index contributed by atoms with van der Waals surface area (Å²) in [4.78, 5) is 6.21. The Kier molecular flexibility index (Phi) is 4.14. The predicted octanol–water partition coefficient (Wildman–Crippen LogP) is 4.94. The van der Waals surface area contributed by atoms with Gasteiger partial charge in [-0.05, 0) is 24.3 Å². The Morgan fingerprint density at radius 1 is 1.12 bits per heavy atom. The van der Waals surface area contributed by atoms with Gasteiger partial charge in [0, 0.05) is 27.7 Å². The number of hydrogen-bond donors (Lipinski definition) is 3. The number of phenols is 1. The van der Waals surface area contributed by atoms with Gasteiger partial charge in [0.25, 0.3) is 0 Å². The minimum absolute atomic E-state index is 0.0929.